The van der Waals surface area contributed by atoms with Crippen molar-refractivity contribution in [2.24, 2.45) is 12.0 Å². The highest BCUT2D eigenvalue weighted by molar-refractivity contribution is 8.15. The van der Waals surface area contributed by atoms with E-state index in [9.17, 15) is 36.7 Å². The summed E-state index contributed by atoms with van der Waals surface area (Å²) in [4.78, 5) is 55.0. The van der Waals surface area contributed by atoms with E-state index in [2.05, 4.69) is 4.99 Å². The van der Waals surface area contributed by atoms with Gasteiger partial charge in [0.1, 0.15) is 24.2 Å². The molecule has 0 unspecified atom stereocenters. The topological polar surface area (TPSA) is 103 Å². The van der Waals surface area contributed by atoms with Crippen molar-refractivity contribution in [3.8, 4) is 5.69 Å². The van der Waals surface area contributed by atoms with Gasteiger partial charge in [0.25, 0.3) is 5.56 Å². The maximum atomic E-state index is 14.8. The molecule has 9 nitrogen and oxygen atoms in total. The number of hydrogen-bond donors (Lipinski definition) is 0. The number of hydrogen-bond acceptors (Lipinski definition) is 7. The first-order chi connectivity index (χ1) is 17.4. The second-order valence-corrected chi connectivity index (χ2v) is 9.71. The van der Waals surface area contributed by atoms with Crippen LogP contribution in [-0.4, -0.2) is 49.5 Å². The van der Waals surface area contributed by atoms with Gasteiger partial charge in [0, 0.05) is 13.1 Å². The van der Waals surface area contributed by atoms with E-state index in [1.54, 1.807) is 0 Å². The molecular formula is C22H19ClF4N4O5S. The lowest BCUT2D eigenvalue weighted by molar-refractivity contribution is -0.151. The highest BCUT2D eigenvalue weighted by Crippen LogP contribution is 2.33. The number of carbonyl (C=O) groups is 2. The number of alkyl halides is 3. The number of ether oxygens (including phenoxy) is 1. The van der Waals surface area contributed by atoms with Gasteiger partial charge in [0.2, 0.25) is 5.91 Å². The van der Waals surface area contributed by atoms with Crippen molar-refractivity contribution in [1.29, 1.82) is 0 Å². The molecule has 0 atom stereocenters. The fourth-order valence-electron chi connectivity index (χ4n) is 4.00. The van der Waals surface area contributed by atoms with Gasteiger partial charge in [-0.05, 0) is 37.8 Å². The molecule has 1 aliphatic carbocycles. The molecule has 15 heteroatoms. The average molecular weight is 563 g/mol. The van der Waals surface area contributed by atoms with Gasteiger partial charge in [-0.3, -0.25) is 23.9 Å². The third kappa shape index (κ3) is 5.59. The second kappa shape index (κ2) is 10.3. The Morgan fingerprint density at radius 3 is 2.51 bits per heavy atom. The van der Waals surface area contributed by atoms with Gasteiger partial charge in [0.05, 0.1) is 22.2 Å². The van der Waals surface area contributed by atoms with Crippen LogP contribution in [-0.2, 0) is 27.5 Å². The Hall–Kier alpha value is -3.13. The standard InChI is InChI=1S/C22H19ClF4N4O5S/c1-29-16(22(25,26)27)8-17(32)31(21(29)35)15-7-14(12(23)6-13(15)24)28-20-30(18(33)10-37-20)9-19(34)36-11-4-2-3-5-11/h6-8,11H,2-5,9-10H2,1H3/b28-20-. The van der Waals surface area contributed by atoms with Crippen LogP contribution in [0.15, 0.2) is 32.8 Å². The second-order valence-electron chi connectivity index (χ2n) is 8.36. The Bertz CT molecular complexity index is 1420. The first-order valence-electron chi connectivity index (χ1n) is 11.0. The van der Waals surface area contributed by atoms with E-state index in [0.717, 1.165) is 61.5 Å². The quantitative estimate of drug-likeness (QED) is 0.409. The molecule has 2 heterocycles. The zero-order chi connectivity index (χ0) is 27.1. The summed E-state index contributed by atoms with van der Waals surface area (Å²) < 4.78 is 60.0. The van der Waals surface area contributed by atoms with Crippen LogP contribution in [0.4, 0.5) is 23.2 Å². The predicted molar refractivity (Wildman–Crippen MR) is 127 cm³/mol. The number of thioether (sulfide) groups is 1. The van der Waals surface area contributed by atoms with E-state index < -0.39 is 53.0 Å². The summed E-state index contributed by atoms with van der Waals surface area (Å²) in [5.74, 6) is -2.26. The Morgan fingerprint density at radius 1 is 1.19 bits per heavy atom. The van der Waals surface area contributed by atoms with Gasteiger partial charge in [-0.1, -0.05) is 23.4 Å². The smallest absolute Gasteiger partial charge is 0.431 e. The summed E-state index contributed by atoms with van der Waals surface area (Å²) in [7, 11) is 0.791. The van der Waals surface area contributed by atoms with E-state index in [-0.39, 0.29) is 42.9 Å². The van der Waals surface area contributed by atoms with Crippen LogP contribution in [0, 0.1) is 5.82 Å². The fourth-order valence-corrected chi connectivity index (χ4v) is 5.09. The van der Waals surface area contributed by atoms with E-state index in [1.807, 2.05) is 0 Å². The van der Waals surface area contributed by atoms with Crippen molar-refractivity contribution in [3.63, 3.8) is 0 Å². The van der Waals surface area contributed by atoms with Gasteiger partial charge in [-0.15, -0.1) is 0 Å². The highest BCUT2D eigenvalue weighted by Gasteiger charge is 2.35. The first-order valence-corrected chi connectivity index (χ1v) is 12.3. The van der Waals surface area contributed by atoms with Crippen molar-refractivity contribution >= 4 is 46.1 Å². The molecule has 0 bridgehead atoms. The van der Waals surface area contributed by atoms with Crippen molar-refractivity contribution in [2.75, 3.05) is 12.3 Å². The zero-order valence-electron chi connectivity index (χ0n) is 19.2. The number of halogens is 5. The minimum absolute atomic E-state index is 0.0415. The summed E-state index contributed by atoms with van der Waals surface area (Å²) in [6.07, 6.45) is -1.83. The molecule has 4 rings (SSSR count). The number of benzene rings is 1. The van der Waals surface area contributed by atoms with Crippen molar-refractivity contribution in [2.45, 2.75) is 38.0 Å². The summed E-state index contributed by atoms with van der Waals surface area (Å²) in [5, 5.41) is -0.223. The molecule has 198 valence electrons. The van der Waals surface area contributed by atoms with E-state index >= 15 is 0 Å². The minimum atomic E-state index is -4.99. The van der Waals surface area contributed by atoms with E-state index in [0.29, 0.717) is 0 Å². The fraction of sp³-hybridized carbons (Fsp3) is 0.409. The minimum Gasteiger partial charge on any atom is -0.461 e. The maximum absolute atomic E-state index is 14.8. The number of amides is 1. The molecule has 1 amide bonds. The Kier molecular flexibility index (Phi) is 7.51. The number of aromatic nitrogens is 2. The highest BCUT2D eigenvalue weighted by atomic mass is 35.5. The lowest BCUT2D eigenvalue weighted by Crippen LogP contribution is -2.41. The Labute approximate surface area is 215 Å². The normalized spacial score (nSPS) is 17.7. The average Bonchev–Trinajstić information content (AvgIpc) is 3.43. The van der Waals surface area contributed by atoms with Crippen molar-refractivity contribution in [1.82, 2.24) is 14.0 Å². The largest absolute Gasteiger partial charge is 0.461 e. The Morgan fingerprint density at radius 2 is 1.86 bits per heavy atom. The van der Waals surface area contributed by atoms with Crippen LogP contribution >= 0.6 is 23.4 Å². The third-order valence-corrected chi connectivity index (χ3v) is 7.09. The van der Waals surface area contributed by atoms with Crippen LogP contribution in [0.5, 0.6) is 0 Å². The summed E-state index contributed by atoms with van der Waals surface area (Å²) in [6.45, 7) is -0.411. The monoisotopic (exact) mass is 562 g/mol. The first kappa shape index (κ1) is 26.9. The van der Waals surface area contributed by atoms with Gasteiger partial charge in [0.15, 0.2) is 5.17 Å². The van der Waals surface area contributed by atoms with Crippen LogP contribution < -0.4 is 11.2 Å². The van der Waals surface area contributed by atoms with Gasteiger partial charge in [-0.25, -0.2) is 18.7 Å². The molecule has 2 aliphatic rings. The molecule has 1 aliphatic heterocycles. The number of rotatable bonds is 5. The molecule has 0 radical (unpaired) electrons. The zero-order valence-corrected chi connectivity index (χ0v) is 20.8. The maximum Gasteiger partial charge on any atom is 0.431 e. The van der Waals surface area contributed by atoms with Crippen LogP contribution in [0.2, 0.25) is 5.02 Å². The molecule has 1 aromatic carbocycles. The number of carbonyl (C=O) groups excluding carboxylic acids is 2. The summed E-state index contributed by atoms with van der Waals surface area (Å²) in [6, 6.07) is 1.81. The van der Waals surface area contributed by atoms with Gasteiger partial charge < -0.3 is 4.74 Å². The lowest BCUT2D eigenvalue weighted by Gasteiger charge is -2.18. The predicted octanol–water partition coefficient (Wildman–Crippen LogP) is 3.40. The molecule has 1 aromatic heterocycles. The Balaban J connectivity index is 1.70. The number of nitrogens with zero attached hydrogens (tertiary/aromatic N) is 4. The molecule has 0 N–H and O–H groups in total. The van der Waals surface area contributed by atoms with Crippen molar-refractivity contribution in [3.05, 3.63) is 55.6 Å². The summed E-state index contributed by atoms with van der Waals surface area (Å²) >= 11 is 7.07. The molecular weight excluding hydrogens is 544 g/mol. The number of esters is 1. The molecule has 2 aromatic rings. The van der Waals surface area contributed by atoms with E-state index in [1.165, 1.54) is 0 Å². The number of amidine groups is 1. The number of aliphatic imine (C=N–C) groups is 1. The van der Waals surface area contributed by atoms with Crippen LogP contribution in [0.25, 0.3) is 5.69 Å². The van der Waals surface area contributed by atoms with Crippen LogP contribution in [0.1, 0.15) is 31.4 Å². The lowest BCUT2D eigenvalue weighted by atomic mass is 10.2. The van der Waals surface area contributed by atoms with Gasteiger partial charge in [-0.2, -0.15) is 13.2 Å². The van der Waals surface area contributed by atoms with Gasteiger partial charge >= 0.3 is 17.8 Å². The molecule has 1 saturated carbocycles. The summed E-state index contributed by atoms with van der Waals surface area (Å²) in [5.41, 5.74) is -5.24. The van der Waals surface area contributed by atoms with E-state index in [4.69, 9.17) is 16.3 Å². The molecule has 1 saturated heterocycles. The molecule has 0 spiro atoms. The third-order valence-electron chi connectivity index (χ3n) is 5.83. The molecule has 2 fully saturated rings. The van der Waals surface area contributed by atoms with Crippen LogP contribution in [0.3, 0.4) is 0 Å². The SMILES string of the molecule is Cn1c(C(F)(F)F)cc(=O)n(-c2cc(/N=C3\SCC(=O)N3CC(=O)OC3CCCC3)c(Cl)cc2F)c1=O. The molecule has 37 heavy (non-hydrogen) atoms. The van der Waals surface area contributed by atoms with Crippen molar-refractivity contribution < 1.29 is 31.9 Å².